The van der Waals surface area contributed by atoms with Crippen LogP contribution in [0.3, 0.4) is 0 Å². The van der Waals surface area contributed by atoms with Gasteiger partial charge in [-0.15, -0.1) is 0 Å². The van der Waals surface area contributed by atoms with Crippen molar-refractivity contribution in [3.05, 3.63) is 64.7 Å². The van der Waals surface area contributed by atoms with Crippen LogP contribution in [0, 0.1) is 20.8 Å². The van der Waals surface area contributed by atoms with Crippen molar-refractivity contribution < 1.29 is 4.79 Å². The number of aromatic nitrogens is 4. The molecule has 2 aliphatic heterocycles. The third-order valence-electron chi connectivity index (χ3n) is 8.10. The number of pyridine rings is 1. The first kappa shape index (κ1) is 23.9. The zero-order valence-electron chi connectivity index (χ0n) is 22.1. The van der Waals surface area contributed by atoms with Crippen LogP contribution in [0.15, 0.2) is 36.4 Å². The summed E-state index contributed by atoms with van der Waals surface area (Å²) < 4.78 is 2.19. The molecule has 0 atom stereocenters. The molecule has 0 spiro atoms. The molecule has 7 heteroatoms. The highest BCUT2D eigenvalue weighted by Crippen LogP contribution is 2.24. The minimum atomic E-state index is 0.111. The van der Waals surface area contributed by atoms with Crippen LogP contribution in [0.5, 0.6) is 0 Å². The van der Waals surface area contributed by atoms with Crippen LogP contribution in [-0.4, -0.2) is 67.4 Å². The van der Waals surface area contributed by atoms with Gasteiger partial charge in [0.05, 0.1) is 6.54 Å². The van der Waals surface area contributed by atoms with E-state index in [1.54, 1.807) is 6.08 Å². The number of hydrogen-bond acceptors (Lipinski definition) is 4. The highest BCUT2D eigenvalue weighted by atomic mass is 16.2. The Hall–Kier alpha value is -3.45. The number of carbonyl (C=O) groups is 1. The van der Waals surface area contributed by atoms with Crippen molar-refractivity contribution in [3.63, 3.8) is 0 Å². The lowest BCUT2D eigenvalue weighted by molar-refractivity contribution is -0.127. The Labute approximate surface area is 218 Å². The van der Waals surface area contributed by atoms with Gasteiger partial charge in [-0.1, -0.05) is 6.07 Å². The molecule has 0 saturated carbocycles. The maximum Gasteiger partial charge on any atom is 0.246 e. The van der Waals surface area contributed by atoms with Gasteiger partial charge >= 0.3 is 0 Å². The average Bonchev–Trinajstić information content (AvgIpc) is 3.63. The van der Waals surface area contributed by atoms with Crippen LogP contribution in [0.4, 0.5) is 0 Å². The Balaban J connectivity index is 1.14. The van der Waals surface area contributed by atoms with E-state index >= 15 is 0 Å². The lowest BCUT2D eigenvalue weighted by Gasteiger charge is -2.36. The molecule has 0 bridgehead atoms. The highest BCUT2D eigenvalue weighted by Gasteiger charge is 2.27. The number of imidazole rings is 1. The summed E-state index contributed by atoms with van der Waals surface area (Å²) in [6.07, 6.45) is 8.47. The molecule has 1 N–H and O–H groups in total. The smallest absolute Gasteiger partial charge is 0.246 e. The van der Waals surface area contributed by atoms with Gasteiger partial charge in [-0.3, -0.25) is 4.79 Å². The molecule has 6 rings (SSSR count). The quantitative estimate of drug-likeness (QED) is 0.396. The van der Waals surface area contributed by atoms with E-state index in [0.717, 1.165) is 77.3 Å². The number of carbonyl (C=O) groups excluding carboxylic acids is 1. The summed E-state index contributed by atoms with van der Waals surface area (Å²) in [5.74, 6) is 1.08. The second-order valence-electron chi connectivity index (χ2n) is 10.8. The second kappa shape index (κ2) is 9.78. The summed E-state index contributed by atoms with van der Waals surface area (Å²) in [5, 5.41) is 1.14. The number of fused-ring (bicyclic) bond motifs is 2. The van der Waals surface area contributed by atoms with E-state index in [0.29, 0.717) is 6.04 Å². The monoisotopic (exact) mass is 496 g/mol. The van der Waals surface area contributed by atoms with E-state index in [4.69, 9.17) is 9.97 Å². The Morgan fingerprint density at radius 3 is 2.59 bits per heavy atom. The van der Waals surface area contributed by atoms with E-state index < -0.39 is 0 Å². The van der Waals surface area contributed by atoms with E-state index in [-0.39, 0.29) is 5.91 Å². The lowest BCUT2D eigenvalue weighted by Crippen LogP contribution is -2.45. The summed E-state index contributed by atoms with van der Waals surface area (Å²) in [6, 6.07) is 11.3. The molecule has 0 radical (unpaired) electrons. The molecule has 7 nitrogen and oxygen atoms in total. The summed E-state index contributed by atoms with van der Waals surface area (Å²) in [6.45, 7) is 11.1. The second-order valence-corrected chi connectivity index (χ2v) is 10.8. The SMILES string of the molecule is Cc1cc(C)c2nc(C)n(Cc3ccc4[nH]c(C=CC(=O)N5CCC(N6CCCC6)CC5)cc4c3)c2n1. The molecule has 0 unspecified atom stereocenters. The minimum absolute atomic E-state index is 0.111. The number of likely N-dealkylation sites (tertiary alicyclic amines) is 2. The molecule has 5 heterocycles. The first-order valence-corrected chi connectivity index (χ1v) is 13.6. The predicted octanol–water partition coefficient (Wildman–Crippen LogP) is 4.99. The standard InChI is InChI=1S/C30H36N6O/c1-20-16-21(2)31-30-29(20)32-22(3)36(30)19-23-6-8-27-24(17-23)18-25(33-27)7-9-28(37)35-14-10-26(11-15-35)34-12-4-5-13-34/h6-9,16-18,26,33H,4-5,10-15,19H2,1-3H3. The Morgan fingerprint density at radius 2 is 1.81 bits per heavy atom. The number of hydrogen-bond donors (Lipinski definition) is 1. The molecule has 2 fully saturated rings. The van der Waals surface area contributed by atoms with Crippen molar-refractivity contribution >= 4 is 34.1 Å². The summed E-state index contributed by atoms with van der Waals surface area (Å²) in [4.78, 5) is 30.4. The van der Waals surface area contributed by atoms with Gasteiger partial charge in [0.25, 0.3) is 0 Å². The largest absolute Gasteiger partial charge is 0.355 e. The molecule has 192 valence electrons. The van der Waals surface area contributed by atoms with Crippen LogP contribution in [0.25, 0.3) is 28.1 Å². The number of H-pyrrole nitrogens is 1. The Morgan fingerprint density at radius 1 is 1.03 bits per heavy atom. The normalized spacial score (nSPS) is 17.6. The van der Waals surface area contributed by atoms with Gasteiger partial charge in [0.15, 0.2) is 5.65 Å². The molecule has 2 aliphatic rings. The Bertz CT molecular complexity index is 1480. The third kappa shape index (κ3) is 4.80. The van der Waals surface area contributed by atoms with E-state index in [1.165, 1.54) is 31.5 Å². The first-order valence-electron chi connectivity index (χ1n) is 13.6. The number of amides is 1. The van der Waals surface area contributed by atoms with Crippen LogP contribution in [-0.2, 0) is 11.3 Å². The fourth-order valence-corrected chi connectivity index (χ4v) is 6.10. The number of nitrogens with zero attached hydrogens (tertiary/aromatic N) is 5. The molecule has 4 aromatic rings. The molecule has 2 saturated heterocycles. The van der Waals surface area contributed by atoms with Crippen molar-refractivity contribution in [1.29, 1.82) is 0 Å². The molecule has 1 aromatic carbocycles. The number of aromatic amines is 1. The molecule has 3 aromatic heterocycles. The van der Waals surface area contributed by atoms with Crippen molar-refractivity contribution in [2.75, 3.05) is 26.2 Å². The number of benzene rings is 1. The van der Waals surface area contributed by atoms with Gasteiger partial charge in [0.1, 0.15) is 11.3 Å². The predicted molar refractivity (Wildman–Crippen MR) is 149 cm³/mol. The van der Waals surface area contributed by atoms with Crippen molar-refractivity contribution in [1.82, 2.24) is 29.3 Å². The van der Waals surface area contributed by atoms with Crippen LogP contribution in [0.2, 0.25) is 0 Å². The summed E-state index contributed by atoms with van der Waals surface area (Å²) >= 11 is 0. The van der Waals surface area contributed by atoms with E-state index in [1.807, 2.05) is 24.8 Å². The van der Waals surface area contributed by atoms with Gasteiger partial charge in [0.2, 0.25) is 5.91 Å². The topological polar surface area (TPSA) is 70.1 Å². The molecule has 1 amide bonds. The maximum absolute atomic E-state index is 12.8. The minimum Gasteiger partial charge on any atom is -0.355 e. The maximum atomic E-state index is 12.8. The molecule has 0 aliphatic carbocycles. The number of piperidine rings is 1. The fourth-order valence-electron chi connectivity index (χ4n) is 6.10. The third-order valence-corrected chi connectivity index (χ3v) is 8.10. The summed E-state index contributed by atoms with van der Waals surface area (Å²) in [7, 11) is 0. The van der Waals surface area contributed by atoms with Crippen LogP contribution < -0.4 is 0 Å². The van der Waals surface area contributed by atoms with Gasteiger partial charge < -0.3 is 19.4 Å². The van der Waals surface area contributed by atoms with Crippen molar-refractivity contribution in [2.45, 2.75) is 59.0 Å². The van der Waals surface area contributed by atoms with Gasteiger partial charge in [-0.2, -0.15) is 0 Å². The lowest BCUT2D eigenvalue weighted by atomic mass is 10.0. The van der Waals surface area contributed by atoms with Crippen LogP contribution in [0.1, 0.15) is 54.0 Å². The average molecular weight is 497 g/mol. The molecular formula is C30H36N6O. The van der Waals surface area contributed by atoms with Crippen molar-refractivity contribution in [3.8, 4) is 0 Å². The fraction of sp³-hybridized carbons (Fsp3) is 0.433. The van der Waals surface area contributed by atoms with Gasteiger partial charge in [0, 0.05) is 47.5 Å². The first-order chi connectivity index (χ1) is 17.9. The zero-order valence-corrected chi connectivity index (χ0v) is 22.1. The van der Waals surface area contributed by atoms with E-state index in [9.17, 15) is 4.79 Å². The zero-order chi connectivity index (χ0) is 25.5. The molecular weight excluding hydrogens is 460 g/mol. The number of nitrogens with one attached hydrogen (secondary N) is 1. The highest BCUT2D eigenvalue weighted by molar-refractivity contribution is 5.93. The Kier molecular flexibility index (Phi) is 6.32. The number of aryl methyl sites for hydroxylation is 3. The van der Waals surface area contributed by atoms with Gasteiger partial charge in [-0.25, -0.2) is 9.97 Å². The summed E-state index contributed by atoms with van der Waals surface area (Å²) in [5.41, 5.74) is 7.30. The molecule has 37 heavy (non-hydrogen) atoms. The van der Waals surface area contributed by atoms with E-state index in [2.05, 4.69) is 51.7 Å². The number of rotatable bonds is 5. The van der Waals surface area contributed by atoms with Crippen molar-refractivity contribution in [2.24, 2.45) is 0 Å². The van der Waals surface area contributed by atoms with Crippen LogP contribution >= 0.6 is 0 Å². The van der Waals surface area contributed by atoms with Gasteiger partial charge in [-0.05, 0) is 101 Å².